The molecule has 1 amide bonds. The highest BCUT2D eigenvalue weighted by atomic mass is 28.4. The molecule has 2 heterocycles. The summed E-state index contributed by atoms with van der Waals surface area (Å²) < 4.78 is 19.8. The van der Waals surface area contributed by atoms with Gasteiger partial charge >= 0.3 is 0 Å². The van der Waals surface area contributed by atoms with Gasteiger partial charge in [0.1, 0.15) is 11.4 Å². The fourth-order valence-electron chi connectivity index (χ4n) is 3.54. The Morgan fingerprint density at radius 2 is 1.92 bits per heavy atom. The second kappa shape index (κ2) is 11.7. The first-order valence-electron chi connectivity index (χ1n) is 12.2. The van der Waals surface area contributed by atoms with Crippen molar-refractivity contribution in [2.24, 2.45) is 5.73 Å². The Kier molecular flexibility index (Phi) is 8.92. The molecule has 36 heavy (non-hydrogen) atoms. The van der Waals surface area contributed by atoms with Crippen molar-refractivity contribution in [3.63, 3.8) is 0 Å². The SMILES string of the molecule is COc1ccc(-c2cccc(OCCC[C@@H](Cn3cnc(C(N)=O)c3)O[Si](C)(C)C(C)(C)C)c2)cn1. The number of amides is 1. The molecule has 0 saturated carbocycles. The topological polar surface area (TPSA) is 101 Å². The third-order valence-electron chi connectivity index (χ3n) is 6.62. The molecule has 0 aliphatic rings. The molecule has 3 aromatic rings. The molecular weight excluding hydrogens is 472 g/mol. The molecule has 1 aromatic carbocycles. The van der Waals surface area contributed by atoms with Crippen LogP contribution in [-0.2, 0) is 11.0 Å². The first-order valence-corrected chi connectivity index (χ1v) is 15.1. The van der Waals surface area contributed by atoms with E-state index in [0.29, 0.717) is 19.0 Å². The summed E-state index contributed by atoms with van der Waals surface area (Å²) in [7, 11) is -0.391. The highest BCUT2D eigenvalue weighted by Gasteiger charge is 2.39. The van der Waals surface area contributed by atoms with Gasteiger partial charge in [-0.2, -0.15) is 0 Å². The zero-order valence-electron chi connectivity index (χ0n) is 22.2. The summed E-state index contributed by atoms with van der Waals surface area (Å²) in [5, 5.41) is 0.0891. The van der Waals surface area contributed by atoms with E-state index in [9.17, 15) is 4.79 Å². The Hall–Kier alpha value is -3.17. The zero-order chi connectivity index (χ0) is 26.3. The van der Waals surface area contributed by atoms with Gasteiger partial charge in [-0.3, -0.25) is 4.79 Å². The van der Waals surface area contributed by atoms with Gasteiger partial charge < -0.3 is 24.2 Å². The number of methoxy groups -OCH3 is 1. The maximum Gasteiger partial charge on any atom is 0.268 e. The molecule has 194 valence electrons. The lowest BCUT2D eigenvalue weighted by Crippen LogP contribution is -2.45. The summed E-state index contributed by atoms with van der Waals surface area (Å²) in [4.78, 5) is 19.8. The van der Waals surface area contributed by atoms with Crippen LogP contribution in [0.3, 0.4) is 0 Å². The predicted molar refractivity (Wildman–Crippen MR) is 144 cm³/mol. The lowest BCUT2D eigenvalue weighted by molar-refractivity contribution is 0.0995. The molecule has 0 saturated heterocycles. The molecule has 2 aromatic heterocycles. The first-order chi connectivity index (χ1) is 17.0. The number of hydrogen-bond acceptors (Lipinski definition) is 6. The third-order valence-corrected chi connectivity index (χ3v) is 11.2. The van der Waals surface area contributed by atoms with Crippen LogP contribution < -0.4 is 15.2 Å². The van der Waals surface area contributed by atoms with Crippen LogP contribution in [0.4, 0.5) is 0 Å². The van der Waals surface area contributed by atoms with Crippen molar-refractivity contribution in [3.05, 3.63) is 60.8 Å². The molecule has 9 heteroatoms. The highest BCUT2D eigenvalue weighted by molar-refractivity contribution is 6.74. The second-order valence-electron chi connectivity index (χ2n) is 10.4. The number of primary amides is 1. The highest BCUT2D eigenvalue weighted by Crippen LogP contribution is 2.38. The van der Waals surface area contributed by atoms with Crippen LogP contribution in [-0.4, -0.2) is 48.6 Å². The van der Waals surface area contributed by atoms with E-state index in [1.165, 1.54) is 0 Å². The normalized spacial score (nSPS) is 12.8. The van der Waals surface area contributed by atoms with Crippen molar-refractivity contribution in [1.29, 1.82) is 0 Å². The number of carbonyl (C=O) groups is 1. The largest absolute Gasteiger partial charge is 0.494 e. The van der Waals surface area contributed by atoms with E-state index in [1.54, 1.807) is 25.8 Å². The molecule has 0 unspecified atom stereocenters. The number of aromatic nitrogens is 3. The average Bonchev–Trinajstić information content (AvgIpc) is 3.30. The number of rotatable bonds is 12. The maximum atomic E-state index is 11.4. The summed E-state index contributed by atoms with van der Waals surface area (Å²) in [5.41, 5.74) is 7.66. The van der Waals surface area contributed by atoms with Gasteiger partial charge in [-0.15, -0.1) is 0 Å². The molecule has 0 aliphatic heterocycles. The van der Waals surface area contributed by atoms with E-state index in [0.717, 1.165) is 29.7 Å². The third kappa shape index (κ3) is 7.41. The van der Waals surface area contributed by atoms with Crippen LogP contribution in [0.5, 0.6) is 11.6 Å². The lowest BCUT2D eigenvalue weighted by Gasteiger charge is -2.39. The summed E-state index contributed by atoms with van der Waals surface area (Å²) >= 11 is 0. The Morgan fingerprint density at radius 1 is 1.14 bits per heavy atom. The van der Waals surface area contributed by atoms with E-state index in [-0.39, 0.29) is 16.8 Å². The van der Waals surface area contributed by atoms with Gasteiger partial charge in [0.15, 0.2) is 8.32 Å². The number of carbonyl (C=O) groups excluding carboxylic acids is 1. The maximum absolute atomic E-state index is 11.4. The quantitative estimate of drug-likeness (QED) is 0.262. The van der Waals surface area contributed by atoms with Crippen molar-refractivity contribution in [3.8, 4) is 22.8 Å². The van der Waals surface area contributed by atoms with Gasteiger partial charge in [0.25, 0.3) is 5.91 Å². The fourth-order valence-corrected chi connectivity index (χ4v) is 4.92. The van der Waals surface area contributed by atoms with Crippen LogP contribution in [0.15, 0.2) is 55.1 Å². The minimum atomic E-state index is -1.99. The Labute approximate surface area is 214 Å². The Morgan fingerprint density at radius 3 is 2.53 bits per heavy atom. The Bertz CT molecular complexity index is 1140. The molecule has 0 bridgehead atoms. The predicted octanol–water partition coefficient (Wildman–Crippen LogP) is 5.30. The number of nitrogens with two attached hydrogens (primary N) is 1. The summed E-state index contributed by atoms with van der Waals surface area (Å²) in [6, 6.07) is 11.8. The van der Waals surface area contributed by atoms with Gasteiger partial charge in [0.05, 0.1) is 26.1 Å². The molecule has 3 rings (SSSR count). The minimum Gasteiger partial charge on any atom is -0.494 e. The molecule has 8 nitrogen and oxygen atoms in total. The summed E-state index contributed by atoms with van der Waals surface area (Å²) in [6.45, 7) is 12.4. The number of benzene rings is 1. The van der Waals surface area contributed by atoms with Crippen LogP contribution in [0.25, 0.3) is 11.1 Å². The zero-order valence-corrected chi connectivity index (χ0v) is 23.2. The molecular formula is C27H38N4O4Si. The van der Waals surface area contributed by atoms with Crippen LogP contribution in [0, 0.1) is 0 Å². The van der Waals surface area contributed by atoms with Gasteiger partial charge in [-0.25, -0.2) is 9.97 Å². The fraction of sp³-hybridized carbons (Fsp3) is 0.444. The van der Waals surface area contributed by atoms with Crippen LogP contribution in [0.1, 0.15) is 44.1 Å². The minimum absolute atomic E-state index is 0.0267. The number of pyridine rings is 1. The molecule has 0 spiro atoms. The molecule has 1 atom stereocenters. The van der Waals surface area contributed by atoms with Gasteiger partial charge in [-0.05, 0) is 54.7 Å². The van der Waals surface area contributed by atoms with E-state index >= 15 is 0 Å². The molecule has 0 aliphatic carbocycles. The summed E-state index contributed by atoms with van der Waals surface area (Å²) in [5.74, 6) is 0.865. The van der Waals surface area contributed by atoms with Gasteiger partial charge in [-0.1, -0.05) is 32.9 Å². The van der Waals surface area contributed by atoms with Crippen molar-refractivity contribution in [2.75, 3.05) is 13.7 Å². The second-order valence-corrected chi connectivity index (χ2v) is 15.2. The van der Waals surface area contributed by atoms with Gasteiger partial charge in [0, 0.05) is 30.6 Å². The lowest BCUT2D eigenvalue weighted by atomic mass is 10.1. The van der Waals surface area contributed by atoms with Crippen LogP contribution in [0.2, 0.25) is 18.1 Å². The van der Waals surface area contributed by atoms with E-state index in [4.69, 9.17) is 19.6 Å². The monoisotopic (exact) mass is 510 g/mol. The number of hydrogen-bond donors (Lipinski definition) is 1. The molecule has 0 fully saturated rings. The van der Waals surface area contributed by atoms with Crippen molar-refractivity contribution in [2.45, 2.75) is 64.4 Å². The van der Waals surface area contributed by atoms with Crippen molar-refractivity contribution in [1.82, 2.24) is 14.5 Å². The standard InChI is InChI=1S/C27H38N4O4Si/c1-27(2,3)36(5,6)35-23(17-31-18-24(26(28)32)30-19-31)11-8-14-34-22-10-7-9-20(15-22)21-12-13-25(33-4)29-16-21/h7,9-10,12-13,15-16,18-19,23H,8,11,14,17H2,1-6H3,(H2,28,32)/t23-/m0/s1. The van der Waals surface area contributed by atoms with Crippen LogP contribution >= 0.6 is 0 Å². The average molecular weight is 511 g/mol. The Balaban J connectivity index is 1.61. The first kappa shape index (κ1) is 27.4. The van der Waals surface area contributed by atoms with E-state index < -0.39 is 14.2 Å². The smallest absolute Gasteiger partial charge is 0.268 e. The molecule has 0 radical (unpaired) electrons. The number of ether oxygens (including phenoxy) is 2. The van der Waals surface area contributed by atoms with Crippen molar-refractivity contribution >= 4 is 14.2 Å². The van der Waals surface area contributed by atoms with E-state index in [2.05, 4.69) is 43.8 Å². The summed E-state index contributed by atoms with van der Waals surface area (Å²) in [6.07, 6.45) is 6.73. The number of nitrogens with zero attached hydrogens (tertiary/aromatic N) is 3. The van der Waals surface area contributed by atoms with Crippen molar-refractivity contribution < 1.29 is 18.7 Å². The van der Waals surface area contributed by atoms with Gasteiger partial charge in [0.2, 0.25) is 5.88 Å². The molecule has 2 N–H and O–H groups in total. The number of imidazole rings is 1. The van der Waals surface area contributed by atoms with E-state index in [1.807, 2.05) is 41.0 Å².